The lowest BCUT2D eigenvalue weighted by Gasteiger charge is -2.18. The third-order valence-corrected chi connectivity index (χ3v) is 11.6. The average molecular weight is 893 g/mol. The minimum atomic E-state index is -0.786. The van der Waals surface area contributed by atoms with Crippen molar-refractivity contribution in [3.63, 3.8) is 0 Å². The van der Waals surface area contributed by atoms with Crippen molar-refractivity contribution in [1.82, 2.24) is 0 Å². The number of esters is 3. The van der Waals surface area contributed by atoms with Crippen molar-refractivity contribution in [3.8, 4) is 0 Å². The molecule has 0 aromatic heterocycles. The highest BCUT2D eigenvalue weighted by Gasteiger charge is 2.19. The van der Waals surface area contributed by atoms with Crippen LogP contribution in [0, 0.1) is 0 Å². The van der Waals surface area contributed by atoms with Crippen molar-refractivity contribution in [3.05, 3.63) is 72.9 Å². The minimum Gasteiger partial charge on any atom is -0.462 e. The van der Waals surface area contributed by atoms with Crippen LogP contribution in [-0.4, -0.2) is 37.2 Å². The average Bonchev–Trinajstić information content (AvgIpc) is 3.29. The van der Waals surface area contributed by atoms with E-state index in [1.807, 2.05) is 0 Å². The van der Waals surface area contributed by atoms with Gasteiger partial charge in [0.25, 0.3) is 0 Å². The molecule has 0 N–H and O–H groups in total. The molecule has 0 saturated carbocycles. The number of carbonyl (C=O) groups excluding carboxylic acids is 3. The Hall–Kier alpha value is -3.15. The van der Waals surface area contributed by atoms with Gasteiger partial charge in [0.2, 0.25) is 0 Å². The molecule has 6 heteroatoms. The van der Waals surface area contributed by atoms with Crippen molar-refractivity contribution in [1.29, 1.82) is 0 Å². The van der Waals surface area contributed by atoms with E-state index in [9.17, 15) is 14.4 Å². The van der Waals surface area contributed by atoms with Gasteiger partial charge in [0.15, 0.2) is 6.10 Å². The van der Waals surface area contributed by atoms with E-state index in [4.69, 9.17) is 14.2 Å². The van der Waals surface area contributed by atoms with Crippen molar-refractivity contribution in [2.75, 3.05) is 13.2 Å². The van der Waals surface area contributed by atoms with Gasteiger partial charge in [-0.2, -0.15) is 0 Å². The highest BCUT2D eigenvalue weighted by Crippen LogP contribution is 2.15. The maximum absolute atomic E-state index is 12.8. The fourth-order valence-corrected chi connectivity index (χ4v) is 7.44. The second-order valence-electron chi connectivity index (χ2n) is 17.9. The van der Waals surface area contributed by atoms with Gasteiger partial charge < -0.3 is 14.2 Å². The lowest BCUT2D eigenvalue weighted by atomic mass is 10.1. The number of unbranched alkanes of at least 4 members (excludes halogenated alkanes) is 29. The van der Waals surface area contributed by atoms with E-state index < -0.39 is 6.10 Å². The number of rotatable bonds is 48. The van der Waals surface area contributed by atoms with Crippen molar-refractivity contribution in [2.45, 2.75) is 264 Å². The second kappa shape index (κ2) is 52.5. The van der Waals surface area contributed by atoms with E-state index in [-0.39, 0.29) is 31.1 Å². The lowest BCUT2D eigenvalue weighted by molar-refractivity contribution is -0.167. The molecule has 0 amide bonds. The molecule has 1 unspecified atom stereocenters. The molecule has 6 nitrogen and oxygen atoms in total. The zero-order chi connectivity index (χ0) is 46.5. The summed E-state index contributed by atoms with van der Waals surface area (Å²) in [6.45, 7) is 6.54. The lowest BCUT2D eigenvalue weighted by Crippen LogP contribution is -2.30. The summed E-state index contributed by atoms with van der Waals surface area (Å²) >= 11 is 0. The third kappa shape index (κ3) is 49.9. The van der Waals surface area contributed by atoms with Gasteiger partial charge in [-0.3, -0.25) is 14.4 Å². The van der Waals surface area contributed by atoms with Crippen molar-refractivity contribution in [2.24, 2.45) is 0 Å². The Bertz CT molecular complexity index is 1210. The molecule has 0 aromatic carbocycles. The fraction of sp³-hybridized carbons (Fsp3) is 0.741. The third-order valence-electron chi connectivity index (χ3n) is 11.6. The predicted octanol–water partition coefficient (Wildman–Crippen LogP) is 17.8. The molecule has 64 heavy (non-hydrogen) atoms. The summed E-state index contributed by atoms with van der Waals surface area (Å²) in [5, 5.41) is 0. The van der Waals surface area contributed by atoms with Gasteiger partial charge in [-0.1, -0.05) is 241 Å². The van der Waals surface area contributed by atoms with E-state index in [2.05, 4.69) is 93.7 Å². The van der Waals surface area contributed by atoms with E-state index in [0.29, 0.717) is 19.3 Å². The van der Waals surface area contributed by atoms with Gasteiger partial charge in [-0.05, 0) is 70.6 Å². The van der Waals surface area contributed by atoms with Gasteiger partial charge in [0, 0.05) is 19.3 Å². The Morgan fingerprint density at radius 2 is 0.562 bits per heavy atom. The maximum Gasteiger partial charge on any atom is 0.306 e. The Kier molecular flexibility index (Phi) is 49.9. The zero-order valence-electron chi connectivity index (χ0n) is 42.0. The van der Waals surface area contributed by atoms with Crippen LogP contribution < -0.4 is 0 Å². The van der Waals surface area contributed by atoms with Crippen LogP contribution in [0.5, 0.6) is 0 Å². The van der Waals surface area contributed by atoms with Gasteiger partial charge in [-0.15, -0.1) is 0 Å². The number of hydrogen-bond donors (Lipinski definition) is 0. The molecule has 368 valence electrons. The summed E-state index contributed by atoms with van der Waals surface area (Å²) in [7, 11) is 0. The molecule has 0 aliphatic carbocycles. The Morgan fingerprint density at radius 3 is 0.922 bits per heavy atom. The first-order valence-electron chi connectivity index (χ1n) is 27.0. The smallest absolute Gasteiger partial charge is 0.306 e. The Labute approximate surface area is 395 Å². The molecule has 0 aliphatic heterocycles. The molecule has 0 rings (SSSR count). The highest BCUT2D eigenvalue weighted by atomic mass is 16.6. The van der Waals surface area contributed by atoms with Crippen LogP contribution in [0.15, 0.2) is 72.9 Å². The molecule has 0 heterocycles. The van der Waals surface area contributed by atoms with Crippen LogP contribution in [0.3, 0.4) is 0 Å². The fourth-order valence-electron chi connectivity index (χ4n) is 7.44. The number of hydrogen-bond acceptors (Lipinski definition) is 6. The van der Waals surface area contributed by atoms with Gasteiger partial charge in [0.05, 0.1) is 0 Å². The quantitative estimate of drug-likeness (QED) is 0.0262. The molecule has 1 atom stereocenters. The Morgan fingerprint density at radius 1 is 0.312 bits per heavy atom. The van der Waals surface area contributed by atoms with Crippen LogP contribution in [0.2, 0.25) is 0 Å². The van der Waals surface area contributed by atoms with Crippen LogP contribution in [0.1, 0.15) is 258 Å². The molecule has 0 radical (unpaired) electrons. The normalized spacial score (nSPS) is 12.6. The van der Waals surface area contributed by atoms with E-state index in [1.54, 1.807) is 0 Å². The molecule has 0 aliphatic rings. The first-order chi connectivity index (χ1) is 31.5. The van der Waals surface area contributed by atoms with Crippen LogP contribution in [-0.2, 0) is 28.6 Å². The molecule has 0 bridgehead atoms. The van der Waals surface area contributed by atoms with E-state index in [1.165, 1.54) is 135 Å². The molecular weight excluding hydrogens is 793 g/mol. The van der Waals surface area contributed by atoms with Gasteiger partial charge in [-0.25, -0.2) is 0 Å². The zero-order valence-corrected chi connectivity index (χ0v) is 42.0. The molecule has 0 saturated heterocycles. The van der Waals surface area contributed by atoms with Crippen molar-refractivity contribution < 1.29 is 28.6 Å². The van der Waals surface area contributed by atoms with Gasteiger partial charge in [0.1, 0.15) is 13.2 Å². The summed E-state index contributed by atoms with van der Waals surface area (Å²) < 4.78 is 16.8. The first-order valence-corrected chi connectivity index (χ1v) is 27.0. The van der Waals surface area contributed by atoms with Crippen LogP contribution >= 0.6 is 0 Å². The largest absolute Gasteiger partial charge is 0.462 e. The van der Waals surface area contributed by atoms with Crippen molar-refractivity contribution >= 4 is 17.9 Å². The molecule has 0 spiro atoms. The van der Waals surface area contributed by atoms with Crippen LogP contribution in [0.25, 0.3) is 0 Å². The summed E-state index contributed by atoms with van der Waals surface area (Å²) in [4.78, 5) is 38.0. The number of carbonyl (C=O) groups is 3. The minimum absolute atomic E-state index is 0.0850. The standard InChI is InChI=1S/C58H100O6/c1-4-7-10-13-16-19-21-23-25-27-29-31-32-34-36-39-42-45-48-51-57(60)63-54-55(53-62-56(59)50-47-44-41-38-18-15-12-9-6-3)64-58(61)52-49-46-43-40-37-35-33-30-28-26-24-22-20-17-14-11-8-5-2/h16-17,19-24,26,28,30,33,55H,4-15,18,25,27,29,31-32,34-54H2,1-3H3/b19-16-,20-17-,23-21-,24-22-,28-26-,33-30-. The van der Waals surface area contributed by atoms with E-state index in [0.717, 1.165) is 83.5 Å². The maximum atomic E-state index is 12.8. The SMILES string of the molecule is CCCCC\C=C/C=C\C=C/C=C\CCCCCCCC(=O)OC(COC(=O)CCCCCCCCCCC)COC(=O)CCCCCCCCCCCC/C=C\C=C/CCCCC. The molecular formula is C58H100O6. The second-order valence-corrected chi connectivity index (χ2v) is 17.9. The highest BCUT2D eigenvalue weighted by molar-refractivity contribution is 5.71. The predicted molar refractivity (Wildman–Crippen MR) is 274 cm³/mol. The summed E-state index contributed by atoms with van der Waals surface area (Å²) in [5.41, 5.74) is 0. The summed E-state index contributed by atoms with van der Waals surface area (Å²) in [6, 6.07) is 0. The van der Waals surface area contributed by atoms with Crippen LogP contribution in [0.4, 0.5) is 0 Å². The summed E-state index contributed by atoms with van der Waals surface area (Å²) in [5.74, 6) is -0.910. The number of ether oxygens (including phenoxy) is 3. The topological polar surface area (TPSA) is 78.9 Å². The Balaban J connectivity index is 4.36. The monoisotopic (exact) mass is 893 g/mol. The summed E-state index contributed by atoms with van der Waals surface area (Å²) in [6.07, 6.45) is 66.0. The van der Waals surface area contributed by atoms with Gasteiger partial charge >= 0.3 is 17.9 Å². The molecule has 0 fully saturated rings. The first kappa shape index (κ1) is 60.9. The molecule has 0 aromatic rings. The van der Waals surface area contributed by atoms with E-state index >= 15 is 0 Å². The number of allylic oxidation sites excluding steroid dienone is 12.